The molecule has 0 radical (unpaired) electrons. The van der Waals surface area contributed by atoms with Crippen LogP contribution in [0.2, 0.25) is 0 Å². The summed E-state index contributed by atoms with van der Waals surface area (Å²) in [6, 6.07) is 6.82. The van der Waals surface area contributed by atoms with E-state index < -0.39 is 28.9 Å². The molecule has 0 bridgehead atoms. The van der Waals surface area contributed by atoms with Gasteiger partial charge in [-0.25, -0.2) is 18.2 Å². The van der Waals surface area contributed by atoms with Crippen LogP contribution in [0.15, 0.2) is 36.7 Å². The number of nitrogens with zero attached hydrogens (tertiary/aromatic N) is 3. The molecule has 1 N–H and O–H groups in total. The van der Waals surface area contributed by atoms with Crippen LogP contribution in [0, 0.1) is 17.5 Å². The molecule has 1 saturated heterocycles. The van der Waals surface area contributed by atoms with E-state index in [-0.39, 0.29) is 25.5 Å². The summed E-state index contributed by atoms with van der Waals surface area (Å²) in [6.07, 6.45) is 2.03. The third-order valence-electron chi connectivity index (χ3n) is 5.00. The molecule has 0 spiro atoms. The summed E-state index contributed by atoms with van der Waals surface area (Å²) in [5, 5.41) is 0. The van der Waals surface area contributed by atoms with E-state index in [0.29, 0.717) is 18.5 Å². The van der Waals surface area contributed by atoms with Gasteiger partial charge in [0.2, 0.25) is 0 Å². The maximum Gasteiger partial charge on any atom is 0.257 e. The monoisotopic (exact) mass is 402 g/mol. The quantitative estimate of drug-likeness (QED) is 0.670. The van der Waals surface area contributed by atoms with Gasteiger partial charge in [0.15, 0.2) is 17.5 Å². The topological polar surface area (TPSA) is 69.3 Å². The molecular formula is C20H17F3N4O2. The van der Waals surface area contributed by atoms with Gasteiger partial charge in [-0.2, -0.15) is 0 Å². The van der Waals surface area contributed by atoms with Crippen molar-refractivity contribution in [2.75, 3.05) is 26.2 Å². The molecule has 1 aliphatic rings. The Labute approximate surface area is 163 Å². The number of carbonyl (C=O) groups excluding carboxylic acids is 2. The molecule has 0 atom stereocenters. The molecule has 3 aromatic rings. The van der Waals surface area contributed by atoms with E-state index in [1.54, 1.807) is 29.4 Å². The van der Waals surface area contributed by atoms with E-state index >= 15 is 0 Å². The van der Waals surface area contributed by atoms with Crippen LogP contribution in [0.5, 0.6) is 0 Å². The van der Waals surface area contributed by atoms with Gasteiger partial charge in [0.1, 0.15) is 0 Å². The molecular weight excluding hydrogens is 385 g/mol. The second-order valence-corrected chi connectivity index (χ2v) is 6.80. The second-order valence-electron chi connectivity index (χ2n) is 6.80. The average molecular weight is 402 g/mol. The first-order valence-electron chi connectivity index (χ1n) is 9.11. The summed E-state index contributed by atoms with van der Waals surface area (Å²) >= 11 is 0. The van der Waals surface area contributed by atoms with Crippen molar-refractivity contribution in [2.45, 2.75) is 6.42 Å². The van der Waals surface area contributed by atoms with Crippen molar-refractivity contribution >= 4 is 22.8 Å². The Kier molecular flexibility index (Phi) is 4.96. The molecule has 1 fully saturated rings. The number of halogens is 3. The molecule has 9 heteroatoms. The minimum absolute atomic E-state index is 0.162. The van der Waals surface area contributed by atoms with Crippen LogP contribution in [0.1, 0.15) is 27.1 Å². The third kappa shape index (κ3) is 3.55. The number of nitrogens with one attached hydrogen (secondary N) is 1. The Bertz CT molecular complexity index is 1100. The first-order chi connectivity index (χ1) is 14.0. The molecule has 0 aliphatic carbocycles. The molecule has 29 heavy (non-hydrogen) atoms. The van der Waals surface area contributed by atoms with Crippen LogP contribution in [0.25, 0.3) is 11.0 Å². The second kappa shape index (κ2) is 7.57. The Morgan fingerprint density at radius 1 is 0.897 bits per heavy atom. The van der Waals surface area contributed by atoms with E-state index in [9.17, 15) is 22.8 Å². The van der Waals surface area contributed by atoms with Crippen LogP contribution in [-0.4, -0.2) is 57.8 Å². The van der Waals surface area contributed by atoms with E-state index in [1.165, 1.54) is 4.90 Å². The minimum Gasteiger partial charge on any atom is -0.345 e. The van der Waals surface area contributed by atoms with Crippen molar-refractivity contribution in [3.8, 4) is 0 Å². The number of hydrogen-bond donors (Lipinski definition) is 1. The SMILES string of the molecule is O=C(c1ccc2nc[nH]c2c1)N1CCCN(C(=O)c2ccc(F)c(F)c2F)CC1. The van der Waals surface area contributed by atoms with Crippen molar-refractivity contribution in [3.05, 3.63) is 65.2 Å². The molecule has 6 nitrogen and oxygen atoms in total. The fourth-order valence-electron chi connectivity index (χ4n) is 3.44. The number of fused-ring (bicyclic) bond motifs is 1. The molecule has 2 heterocycles. The number of hydrogen-bond acceptors (Lipinski definition) is 3. The van der Waals surface area contributed by atoms with Gasteiger partial charge >= 0.3 is 0 Å². The van der Waals surface area contributed by atoms with Crippen molar-refractivity contribution in [1.82, 2.24) is 19.8 Å². The van der Waals surface area contributed by atoms with Crippen molar-refractivity contribution < 1.29 is 22.8 Å². The van der Waals surface area contributed by atoms with Crippen molar-refractivity contribution in [1.29, 1.82) is 0 Å². The van der Waals surface area contributed by atoms with Crippen LogP contribution < -0.4 is 0 Å². The minimum atomic E-state index is -1.67. The van der Waals surface area contributed by atoms with Crippen LogP contribution >= 0.6 is 0 Å². The van der Waals surface area contributed by atoms with Crippen LogP contribution in [0.3, 0.4) is 0 Å². The lowest BCUT2D eigenvalue weighted by atomic mass is 10.1. The van der Waals surface area contributed by atoms with Crippen LogP contribution in [0.4, 0.5) is 13.2 Å². The summed E-state index contributed by atoms with van der Waals surface area (Å²) in [6.45, 7) is 1.11. The highest BCUT2D eigenvalue weighted by Gasteiger charge is 2.27. The molecule has 150 valence electrons. The summed E-state index contributed by atoms with van der Waals surface area (Å²) in [4.78, 5) is 35.5. The van der Waals surface area contributed by atoms with Gasteiger partial charge < -0.3 is 14.8 Å². The first-order valence-corrected chi connectivity index (χ1v) is 9.11. The molecule has 2 aromatic carbocycles. The number of imidazole rings is 1. The number of rotatable bonds is 2. The number of benzene rings is 2. The zero-order valence-corrected chi connectivity index (χ0v) is 15.3. The predicted octanol–water partition coefficient (Wildman–Crippen LogP) is 2.97. The van der Waals surface area contributed by atoms with Gasteiger partial charge in [0.05, 0.1) is 22.9 Å². The highest BCUT2D eigenvalue weighted by Crippen LogP contribution is 2.19. The largest absolute Gasteiger partial charge is 0.345 e. The van der Waals surface area contributed by atoms with E-state index in [0.717, 1.165) is 23.2 Å². The Morgan fingerprint density at radius 3 is 2.38 bits per heavy atom. The Morgan fingerprint density at radius 2 is 1.62 bits per heavy atom. The summed E-state index contributed by atoms with van der Waals surface area (Å²) in [7, 11) is 0. The van der Waals surface area contributed by atoms with Gasteiger partial charge in [-0.1, -0.05) is 0 Å². The lowest BCUT2D eigenvalue weighted by Gasteiger charge is -2.22. The summed E-state index contributed by atoms with van der Waals surface area (Å²) < 4.78 is 40.5. The summed E-state index contributed by atoms with van der Waals surface area (Å²) in [5.74, 6) is -5.43. The highest BCUT2D eigenvalue weighted by molar-refractivity contribution is 5.97. The predicted molar refractivity (Wildman–Crippen MR) is 98.8 cm³/mol. The Hall–Kier alpha value is -3.36. The Balaban J connectivity index is 1.48. The van der Waals surface area contributed by atoms with E-state index in [1.807, 2.05) is 0 Å². The fourth-order valence-corrected chi connectivity index (χ4v) is 3.44. The van der Waals surface area contributed by atoms with E-state index in [4.69, 9.17) is 0 Å². The number of H-pyrrole nitrogens is 1. The molecule has 0 saturated carbocycles. The number of aromatic nitrogens is 2. The van der Waals surface area contributed by atoms with Crippen molar-refractivity contribution in [2.24, 2.45) is 0 Å². The van der Waals surface area contributed by atoms with Crippen molar-refractivity contribution in [3.63, 3.8) is 0 Å². The average Bonchev–Trinajstić information content (AvgIpc) is 3.06. The molecule has 2 amide bonds. The van der Waals surface area contributed by atoms with E-state index in [2.05, 4.69) is 9.97 Å². The fraction of sp³-hybridized carbons (Fsp3) is 0.250. The van der Waals surface area contributed by atoms with Gasteiger partial charge in [-0.15, -0.1) is 0 Å². The summed E-state index contributed by atoms with van der Waals surface area (Å²) in [5.41, 5.74) is 1.47. The molecule has 4 rings (SSSR count). The standard InChI is InChI=1S/C20H17F3N4O2/c21-14-4-3-13(17(22)18(14)23)20(29)27-7-1-6-26(8-9-27)19(28)12-2-5-15-16(10-12)25-11-24-15/h2-5,10-11H,1,6-9H2,(H,24,25). The van der Waals surface area contributed by atoms with Crippen LogP contribution in [-0.2, 0) is 0 Å². The zero-order chi connectivity index (χ0) is 20.5. The molecule has 1 aromatic heterocycles. The first kappa shape index (κ1) is 19.0. The van der Waals surface area contributed by atoms with Gasteiger partial charge in [0.25, 0.3) is 11.8 Å². The van der Waals surface area contributed by atoms with Gasteiger partial charge in [0, 0.05) is 31.7 Å². The van der Waals surface area contributed by atoms with Gasteiger partial charge in [-0.05, 0) is 36.8 Å². The maximum absolute atomic E-state index is 14.0. The molecule has 0 unspecified atom stereocenters. The molecule has 1 aliphatic heterocycles. The third-order valence-corrected chi connectivity index (χ3v) is 5.00. The number of carbonyl (C=O) groups is 2. The lowest BCUT2D eigenvalue weighted by molar-refractivity contribution is 0.0715. The van der Waals surface area contributed by atoms with Gasteiger partial charge in [-0.3, -0.25) is 9.59 Å². The lowest BCUT2D eigenvalue weighted by Crippen LogP contribution is -2.37. The maximum atomic E-state index is 14.0. The highest BCUT2D eigenvalue weighted by atomic mass is 19.2. The normalized spacial score (nSPS) is 14.9. The number of amides is 2. The smallest absolute Gasteiger partial charge is 0.257 e. The zero-order valence-electron chi connectivity index (χ0n) is 15.3. The number of aromatic amines is 1.